The van der Waals surface area contributed by atoms with E-state index in [1.165, 1.54) is 10.9 Å². The average molecular weight is 310 g/mol. The first-order valence-electron chi connectivity index (χ1n) is 7.09. The SMILES string of the molecule is CC(C)(C)[Si](C)(C)OCCn1ccc2cc(Cl)ccc21. The Morgan fingerprint density at radius 3 is 2.55 bits per heavy atom. The zero-order chi connectivity index (χ0) is 15.0. The molecule has 0 fully saturated rings. The molecule has 0 saturated heterocycles. The van der Waals surface area contributed by atoms with Crippen molar-refractivity contribution in [1.29, 1.82) is 0 Å². The number of benzene rings is 1. The van der Waals surface area contributed by atoms with Gasteiger partial charge in [0.2, 0.25) is 0 Å². The molecular formula is C16H24ClNOSi. The zero-order valence-corrected chi connectivity index (χ0v) is 14.8. The Kier molecular flexibility index (Phi) is 4.33. The zero-order valence-electron chi connectivity index (χ0n) is 13.0. The van der Waals surface area contributed by atoms with Gasteiger partial charge in [-0.25, -0.2) is 0 Å². The van der Waals surface area contributed by atoms with Crippen LogP contribution in [0.4, 0.5) is 0 Å². The van der Waals surface area contributed by atoms with Crippen LogP contribution in [0.1, 0.15) is 20.8 Å². The first-order valence-corrected chi connectivity index (χ1v) is 10.4. The van der Waals surface area contributed by atoms with Crippen LogP contribution in [0, 0.1) is 0 Å². The molecule has 2 aromatic rings. The molecule has 0 bridgehead atoms. The van der Waals surface area contributed by atoms with Crippen molar-refractivity contribution in [3.63, 3.8) is 0 Å². The van der Waals surface area contributed by atoms with Crippen LogP contribution < -0.4 is 0 Å². The summed E-state index contributed by atoms with van der Waals surface area (Å²) in [5.41, 5.74) is 1.22. The predicted octanol–water partition coefficient (Wildman–Crippen LogP) is 5.32. The molecule has 0 aliphatic rings. The van der Waals surface area contributed by atoms with Crippen LogP contribution in [-0.4, -0.2) is 19.5 Å². The van der Waals surface area contributed by atoms with Gasteiger partial charge in [0, 0.05) is 28.7 Å². The Morgan fingerprint density at radius 2 is 1.90 bits per heavy atom. The van der Waals surface area contributed by atoms with Gasteiger partial charge in [0.25, 0.3) is 0 Å². The molecule has 2 nitrogen and oxygen atoms in total. The quantitative estimate of drug-likeness (QED) is 0.697. The Labute approximate surface area is 127 Å². The molecule has 0 aliphatic carbocycles. The number of hydrogen-bond acceptors (Lipinski definition) is 1. The third-order valence-electron chi connectivity index (χ3n) is 4.33. The van der Waals surface area contributed by atoms with Gasteiger partial charge in [-0.05, 0) is 42.4 Å². The van der Waals surface area contributed by atoms with E-state index >= 15 is 0 Å². The fourth-order valence-electron chi connectivity index (χ4n) is 1.98. The Hall–Kier alpha value is -0.773. The molecule has 1 aromatic carbocycles. The summed E-state index contributed by atoms with van der Waals surface area (Å²) in [6, 6.07) is 8.12. The Morgan fingerprint density at radius 1 is 1.20 bits per heavy atom. The number of halogens is 1. The molecule has 0 amide bonds. The normalized spacial score (nSPS) is 13.1. The lowest BCUT2D eigenvalue weighted by Crippen LogP contribution is -2.41. The van der Waals surface area contributed by atoms with Crippen LogP contribution in [0.15, 0.2) is 30.5 Å². The molecule has 1 heterocycles. The van der Waals surface area contributed by atoms with E-state index in [1.807, 2.05) is 12.1 Å². The topological polar surface area (TPSA) is 14.2 Å². The van der Waals surface area contributed by atoms with Gasteiger partial charge in [-0.15, -0.1) is 0 Å². The molecule has 4 heteroatoms. The largest absolute Gasteiger partial charge is 0.415 e. The minimum Gasteiger partial charge on any atom is -0.415 e. The van der Waals surface area contributed by atoms with Crippen LogP contribution in [-0.2, 0) is 11.0 Å². The van der Waals surface area contributed by atoms with Gasteiger partial charge in [0.15, 0.2) is 8.32 Å². The monoisotopic (exact) mass is 309 g/mol. The van der Waals surface area contributed by atoms with E-state index in [0.29, 0.717) is 0 Å². The van der Waals surface area contributed by atoms with Gasteiger partial charge in [-0.2, -0.15) is 0 Å². The van der Waals surface area contributed by atoms with E-state index in [-0.39, 0.29) is 5.04 Å². The molecule has 0 N–H and O–H groups in total. The van der Waals surface area contributed by atoms with Crippen LogP contribution in [0.2, 0.25) is 23.2 Å². The maximum Gasteiger partial charge on any atom is 0.192 e. The highest BCUT2D eigenvalue weighted by molar-refractivity contribution is 6.74. The Balaban J connectivity index is 2.04. The summed E-state index contributed by atoms with van der Waals surface area (Å²) in [6.07, 6.45) is 2.11. The summed E-state index contributed by atoms with van der Waals surface area (Å²) in [6.45, 7) is 13.0. The molecular weight excluding hydrogens is 286 g/mol. The number of rotatable bonds is 4. The van der Waals surface area contributed by atoms with Crippen molar-refractivity contribution >= 4 is 30.8 Å². The van der Waals surface area contributed by atoms with Crippen molar-refractivity contribution in [2.45, 2.75) is 45.4 Å². The lowest BCUT2D eigenvalue weighted by atomic mass is 10.2. The summed E-state index contributed by atoms with van der Waals surface area (Å²) in [5.74, 6) is 0. The number of aromatic nitrogens is 1. The average Bonchev–Trinajstić information content (AvgIpc) is 2.70. The molecule has 0 radical (unpaired) electrons. The molecule has 110 valence electrons. The summed E-state index contributed by atoms with van der Waals surface area (Å²) in [4.78, 5) is 0. The lowest BCUT2D eigenvalue weighted by Gasteiger charge is -2.36. The first-order chi connectivity index (χ1) is 9.21. The van der Waals surface area contributed by atoms with Gasteiger partial charge >= 0.3 is 0 Å². The minimum atomic E-state index is -1.65. The van der Waals surface area contributed by atoms with Crippen molar-refractivity contribution in [1.82, 2.24) is 4.57 Å². The maximum absolute atomic E-state index is 6.23. The van der Waals surface area contributed by atoms with Crippen molar-refractivity contribution in [2.75, 3.05) is 6.61 Å². The number of hydrogen-bond donors (Lipinski definition) is 0. The molecule has 0 aliphatic heterocycles. The highest BCUT2D eigenvalue weighted by atomic mass is 35.5. The molecule has 0 atom stereocenters. The van der Waals surface area contributed by atoms with Crippen LogP contribution >= 0.6 is 11.6 Å². The smallest absolute Gasteiger partial charge is 0.192 e. The molecule has 0 unspecified atom stereocenters. The highest BCUT2D eigenvalue weighted by Gasteiger charge is 2.36. The summed E-state index contributed by atoms with van der Waals surface area (Å²) in [5, 5.41) is 2.23. The number of nitrogens with zero attached hydrogens (tertiary/aromatic N) is 1. The van der Waals surface area contributed by atoms with Gasteiger partial charge in [0.1, 0.15) is 0 Å². The third-order valence-corrected chi connectivity index (χ3v) is 9.11. The van der Waals surface area contributed by atoms with E-state index in [4.69, 9.17) is 16.0 Å². The predicted molar refractivity (Wildman–Crippen MR) is 90.1 cm³/mol. The molecule has 0 saturated carbocycles. The van der Waals surface area contributed by atoms with Crippen LogP contribution in [0.5, 0.6) is 0 Å². The third kappa shape index (κ3) is 3.27. The summed E-state index contributed by atoms with van der Waals surface area (Å²) < 4.78 is 8.47. The molecule has 2 rings (SSSR count). The van der Waals surface area contributed by atoms with Crippen LogP contribution in [0.3, 0.4) is 0 Å². The molecule has 0 spiro atoms. The Bertz CT molecular complexity index is 598. The van der Waals surface area contributed by atoms with Crippen molar-refractivity contribution in [2.24, 2.45) is 0 Å². The van der Waals surface area contributed by atoms with Crippen molar-refractivity contribution < 1.29 is 4.43 Å². The van der Waals surface area contributed by atoms with Gasteiger partial charge in [-0.1, -0.05) is 32.4 Å². The summed E-state index contributed by atoms with van der Waals surface area (Å²) in [7, 11) is -1.65. The van der Waals surface area contributed by atoms with E-state index in [2.05, 4.69) is 56.8 Å². The van der Waals surface area contributed by atoms with E-state index in [9.17, 15) is 0 Å². The van der Waals surface area contributed by atoms with E-state index in [1.54, 1.807) is 0 Å². The second kappa shape index (κ2) is 5.55. The molecule has 1 aromatic heterocycles. The molecule has 20 heavy (non-hydrogen) atoms. The van der Waals surface area contributed by atoms with Crippen molar-refractivity contribution in [3.05, 3.63) is 35.5 Å². The van der Waals surface area contributed by atoms with E-state index in [0.717, 1.165) is 18.2 Å². The minimum absolute atomic E-state index is 0.263. The van der Waals surface area contributed by atoms with Gasteiger partial charge in [-0.3, -0.25) is 0 Å². The van der Waals surface area contributed by atoms with Crippen molar-refractivity contribution in [3.8, 4) is 0 Å². The second-order valence-corrected chi connectivity index (χ2v) is 12.1. The fourth-order valence-corrected chi connectivity index (χ4v) is 3.20. The van der Waals surface area contributed by atoms with Gasteiger partial charge < -0.3 is 8.99 Å². The standard InChI is InChI=1S/C16H24ClNOSi/c1-16(2,3)20(4,5)19-11-10-18-9-8-13-12-14(17)6-7-15(13)18/h6-9,12H,10-11H2,1-5H3. The second-order valence-electron chi connectivity index (χ2n) is 6.82. The lowest BCUT2D eigenvalue weighted by molar-refractivity contribution is 0.273. The van der Waals surface area contributed by atoms with Crippen LogP contribution in [0.25, 0.3) is 10.9 Å². The van der Waals surface area contributed by atoms with E-state index < -0.39 is 8.32 Å². The summed E-state index contributed by atoms with van der Waals surface area (Å²) >= 11 is 6.01. The van der Waals surface area contributed by atoms with Gasteiger partial charge in [0.05, 0.1) is 6.61 Å². The fraction of sp³-hybridized carbons (Fsp3) is 0.500. The highest BCUT2D eigenvalue weighted by Crippen LogP contribution is 2.36. The first kappa shape index (κ1) is 15.6. The number of fused-ring (bicyclic) bond motifs is 1. The maximum atomic E-state index is 6.23.